The number of hydrogen-bond donors (Lipinski definition) is 2. The van der Waals surface area contributed by atoms with Crippen molar-refractivity contribution in [1.82, 2.24) is 0 Å². The zero-order valence-electron chi connectivity index (χ0n) is 6.83. The summed E-state index contributed by atoms with van der Waals surface area (Å²) in [5, 5.41) is 16.9. The SMILES string of the molecule is O=C(O)c1cc(C(F)(F)F)sc1C(=O)O. The zero-order chi connectivity index (χ0) is 11.8. The van der Waals surface area contributed by atoms with Crippen LogP contribution in [0.25, 0.3) is 0 Å². The lowest BCUT2D eigenvalue weighted by atomic mass is 10.2. The Labute approximate surface area is 84.6 Å². The molecular formula is C7H3F3O4S. The molecule has 0 amide bonds. The molecule has 1 rings (SSSR count). The maximum Gasteiger partial charge on any atom is 0.425 e. The normalized spacial score (nSPS) is 11.4. The van der Waals surface area contributed by atoms with Crippen molar-refractivity contribution < 1.29 is 33.0 Å². The maximum atomic E-state index is 12.1. The first kappa shape index (κ1) is 11.5. The van der Waals surface area contributed by atoms with Gasteiger partial charge in [0.15, 0.2) is 0 Å². The molecule has 0 fully saturated rings. The molecule has 0 bridgehead atoms. The smallest absolute Gasteiger partial charge is 0.425 e. The molecule has 0 spiro atoms. The molecule has 0 aliphatic carbocycles. The fourth-order valence-corrected chi connectivity index (χ4v) is 1.70. The number of thiophene rings is 1. The molecule has 1 aromatic rings. The predicted octanol–water partition coefficient (Wildman–Crippen LogP) is 2.16. The van der Waals surface area contributed by atoms with Crippen molar-refractivity contribution >= 4 is 23.3 Å². The molecule has 0 radical (unpaired) electrons. The van der Waals surface area contributed by atoms with Gasteiger partial charge in [-0.2, -0.15) is 13.2 Å². The third kappa shape index (κ3) is 2.27. The van der Waals surface area contributed by atoms with Gasteiger partial charge in [0, 0.05) is 0 Å². The average molecular weight is 240 g/mol. The van der Waals surface area contributed by atoms with E-state index >= 15 is 0 Å². The van der Waals surface area contributed by atoms with Crippen LogP contribution in [-0.2, 0) is 6.18 Å². The molecule has 15 heavy (non-hydrogen) atoms. The number of carboxylic acid groups (broad SMARTS) is 2. The summed E-state index contributed by atoms with van der Waals surface area (Å²) in [6, 6.07) is 0.316. The first-order chi connectivity index (χ1) is 6.73. The molecule has 0 unspecified atom stereocenters. The fraction of sp³-hybridized carbons (Fsp3) is 0.143. The molecule has 0 atom stereocenters. The summed E-state index contributed by atoms with van der Waals surface area (Å²) in [6.45, 7) is 0. The van der Waals surface area contributed by atoms with Crippen LogP contribution in [0.4, 0.5) is 13.2 Å². The molecule has 1 heterocycles. The second-order valence-electron chi connectivity index (χ2n) is 2.46. The zero-order valence-corrected chi connectivity index (χ0v) is 7.65. The van der Waals surface area contributed by atoms with Crippen LogP contribution < -0.4 is 0 Å². The molecule has 4 nitrogen and oxygen atoms in total. The number of carbonyl (C=O) groups is 2. The van der Waals surface area contributed by atoms with Crippen LogP contribution in [-0.4, -0.2) is 22.2 Å². The summed E-state index contributed by atoms with van der Waals surface area (Å²) in [4.78, 5) is 18.8. The minimum Gasteiger partial charge on any atom is -0.478 e. The molecule has 0 saturated heterocycles. The molecule has 82 valence electrons. The van der Waals surface area contributed by atoms with Crippen molar-refractivity contribution in [2.24, 2.45) is 0 Å². The van der Waals surface area contributed by atoms with Gasteiger partial charge in [-0.3, -0.25) is 0 Å². The molecule has 0 aliphatic rings. The van der Waals surface area contributed by atoms with Crippen molar-refractivity contribution in [2.45, 2.75) is 6.18 Å². The molecule has 0 aliphatic heterocycles. The lowest BCUT2D eigenvalue weighted by molar-refractivity contribution is -0.134. The third-order valence-corrected chi connectivity index (χ3v) is 2.60. The topological polar surface area (TPSA) is 74.6 Å². The van der Waals surface area contributed by atoms with Gasteiger partial charge in [0.1, 0.15) is 9.75 Å². The van der Waals surface area contributed by atoms with Gasteiger partial charge < -0.3 is 10.2 Å². The number of rotatable bonds is 2. The first-order valence-electron chi connectivity index (χ1n) is 3.41. The van der Waals surface area contributed by atoms with E-state index in [2.05, 4.69) is 0 Å². The lowest BCUT2D eigenvalue weighted by Gasteiger charge is -1.99. The van der Waals surface area contributed by atoms with Crippen LogP contribution in [0.1, 0.15) is 24.9 Å². The van der Waals surface area contributed by atoms with E-state index in [0.29, 0.717) is 6.07 Å². The van der Waals surface area contributed by atoms with E-state index in [0.717, 1.165) is 0 Å². The Hall–Kier alpha value is -1.57. The van der Waals surface area contributed by atoms with Gasteiger partial charge in [0.05, 0.1) is 5.56 Å². The van der Waals surface area contributed by atoms with E-state index in [-0.39, 0.29) is 11.3 Å². The van der Waals surface area contributed by atoms with Crippen LogP contribution in [0, 0.1) is 0 Å². The van der Waals surface area contributed by atoms with Gasteiger partial charge >= 0.3 is 18.1 Å². The minimum absolute atomic E-state index is 0.103. The van der Waals surface area contributed by atoms with Gasteiger partial charge in [0.2, 0.25) is 0 Å². The molecule has 1 aromatic heterocycles. The van der Waals surface area contributed by atoms with E-state index < -0.39 is 33.4 Å². The molecule has 0 saturated carbocycles. The Morgan fingerprint density at radius 2 is 1.73 bits per heavy atom. The predicted molar refractivity (Wildman–Crippen MR) is 43.2 cm³/mol. The van der Waals surface area contributed by atoms with E-state index in [4.69, 9.17) is 10.2 Å². The van der Waals surface area contributed by atoms with Crippen LogP contribution in [0.5, 0.6) is 0 Å². The number of alkyl halides is 3. The Kier molecular flexibility index (Phi) is 2.71. The van der Waals surface area contributed by atoms with Crippen molar-refractivity contribution in [3.8, 4) is 0 Å². The first-order valence-corrected chi connectivity index (χ1v) is 4.22. The Balaban J connectivity index is 3.34. The van der Waals surface area contributed by atoms with Crippen LogP contribution in [0.2, 0.25) is 0 Å². The number of carboxylic acids is 2. The second-order valence-corrected chi connectivity index (χ2v) is 3.51. The highest BCUT2D eigenvalue weighted by Crippen LogP contribution is 2.36. The van der Waals surface area contributed by atoms with Gasteiger partial charge in [-0.05, 0) is 6.07 Å². The van der Waals surface area contributed by atoms with Crippen LogP contribution >= 0.6 is 11.3 Å². The quantitative estimate of drug-likeness (QED) is 0.830. The van der Waals surface area contributed by atoms with Gasteiger partial charge in [-0.15, -0.1) is 11.3 Å². The van der Waals surface area contributed by atoms with E-state index in [1.54, 1.807) is 0 Å². The molecular weight excluding hydrogens is 237 g/mol. The van der Waals surface area contributed by atoms with Gasteiger partial charge in [-0.25, -0.2) is 9.59 Å². The van der Waals surface area contributed by atoms with Gasteiger partial charge in [0.25, 0.3) is 0 Å². The van der Waals surface area contributed by atoms with E-state index in [9.17, 15) is 22.8 Å². The van der Waals surface area contributed by atoms with Gasteiger partial charge in [-0.1, -0.05) is 0 Å². The molecule has 2 N–H and O–H groups in total. The summed E-state index contributed by atoms with van der Waals surface area (Å²) in [6.07, 6.45) is -4.73. The van der Waals surface area contributed by atoms with E-state index in [1.165, 1.54) is 0 Å². The van der Waals surface area contributed by atoms with Crippen molar-refractivity contribution in [2.75, 3.05) is 0 Å². The molecule has 8 heteroatoms. The summed E-state index contributed by atoms with van der Waals surface area (Å²) in [5.74, 6) is -3.38. The van der Waals surface area contributed by atoms with Crippen LogP contribution in [0.15, 0.2) is 6.07 Å². The third-order valence-electron chi connectivity index (χ3n) is 1.44. The van der Waals surface area contributed by atoms with Crippen LogP contribution in [0.3, 0.4) is 0 Å². The number of hydrogen-bond acceptors (Lipinski definition) is 3. The van der Waals surface area contributed by atoms with Crippen molar-refractivity contribution in [3.63, 3.8) is 0 Å². The summed E-state index contributed by atoms with van der Waals surface area (Å²) >= 11 is -0.103. The Morgan fingerprint density at radius 1 is 1.20 bits per heavy atom. The number of halogens is 3. The monoisotopic (exact) mass is 240 g/mol. The number of aromatic carboxylic acids is 2. The summed E-state index contributed by atoms with van der Waals surface area (Å²) in [5.41, 5.74) is -0.847. The largest absolute Gasteiger partial charge is 0.478 e. The van der Waals surface area contributed by atoms with E-state index in [1.807, 2.05) is 0 Å². The highest BCUT2D eigenvalue weighted by molar-refractivity contribution is 7.14. The lowest BCUT2D eigenvalue weighted by Crippen LogP contribution is -2.03. The molecule has 0 aromatic carbocycles. The average Bonchev–Trinajstić information content (AvgIpc) is 2.45. The summed E-state index contributed by atoms with van der Waals surface area (Å²) in [7, 11) is 0. The maximum absolute atomic E-state index is 12.1. The highest BCUT2D eigenvalue weighted by atomic mass is 32.1. The highest BCUT2D eigenvalue weighted by Gasteiger charge is 2.36. The minimum atomic E-state index is -4.73. The van der Waals surface area contributed by atoms with Crippen molar-refractivity contribution in [1.29, 1.82) is 0 Å². The summed E-state index contributed by atoms with van der Waals surface area (Å²) < 4.78 is 36.4. The Morgan fingerprint density at radius 3 is 2.00 bits per heavy atom. The fourth-order valence-electron chi connectivity index (χ4n) is 0.848. The standard InChI is InChI=1S/C7H3F3O4S/c8-7(9,10)3-1-2(5(11)12)4(15-3)6(13)14/h1H,(H,11,12)(H,13,14). The second kappa shape index (κ2) is 3.54. The van der Waals surface area contributed by atoms with Crippen molar-refractivity contribution in [3.05, 3.63) is 21.4 Å². The Bertz CT molecular complexity index is 389.